The third-order valence-electron chi connectivity index (χ3n) is 7.68. The van der Waals surface area contributed by atoms with Crippen LogP contribution in [0.2, 0.25) is 0 Å². The van der Waals surface area contributed by atoms with Gasteiger partial charge in [0, 0.05) is 28.5 Å². The number of hydrogen-bond donors (Lipinski definition) is 0. The molecule has 1 atom stereocenters. The lowest BCUT2D eigenvalue weighted by molar-refractivity contribution is 0.670. The zero-order valence-corrected chi connectivity index (χ0v) is 21.7. The number of hydrogen-bond acceptors (Lipinski definition) is 2. The standard InChI is InChI=1S/C37H27NO/c1-25(26-11-4-2-5-12-26)28-21-22-38-35(23-28)34-18-10-17-33-32-20-19-29(24-36(32)39-37(33)34)31-16-9-8-15-30(31)27-13-6-3-7-14-27/h2-25H,1H3. The van der Waals surface area contributed by atoms with E-state index in [4.69, 9.17) is 9.40 Å². The highest BCUT2D eigenvalue weighted by atomic mass is 16.3. The number of rotatable bonds is 5. The van der Waals surface area contributed by atoms with E-state index in [2.05, 4.69) is 140 Å². The number of para-hydroxylation sites is 1. The number of benzene rings is 5. The zero-order valence-electron chi connectivity index (χ0n) is 21.7. The van der Waals surface area contributed by atoms with E-state index in [0.29, 0.717) is 0 Å². The van der Waals surface area contributed by atoms with Gasteiger partial charge >= 0.3 is 0 Å². The third kappa shape index (κ3) is 4.20. The van der Waals surface area contributed by atoms with E-state index in [1.54, 1.807) is 0 Å². The van der Waals surface area contributed by atoms with Crippen LogP contribution in [0.1, 0.15) is 24.0 Å². The Hall–Kier alpha value is -4.95. The molecule has 0 aliphatic rings. The van der Waals surface area contributed by atoms with Crippen LogP contribution in [0.5, 0.6) is 0 Å². The predicted molar refractivity (Wildman–Crippen MR) is 162 cm³/mol. The molecule has 186 valence electrons. The minimum absolute atomic E-state index is 0.273. The lowest BCUT2D eigenvalue weighted by Gasteiger charge is -2.13. The second-order valence-electron chi connectivity index (χ2n) is 10.0. The van der Waals surface area contributed by atoms with Gasteiger partial charge in [-0.05, 0) is 63.7 Å². The molecule has 0 radical (unpaired) electrons. The third-order valence-corrected chi connectivity index (χ3v) is 7.68. The normalized spacial score (nSPS) is 12.1. The fourth-order valence-corrected chi connectivity index (χ4v) is 5.57. The Balaban J connectivity index is 1.33. The summed E-state index contributed by atoms with van der Waals surface area (Å²) in [6.45, 7) is 2.24. The van der Waals surface area contributed by atoms with Crippen molar-refractivity contribution < 1.29 is 4.42 Å². The van der Waals surface area contributed by atoms with E-state index >= 15 is 0 Å². The average Bonchev–Trinajstić information content (AvgIpc) is 3.40. The van der Waals surface area contributed by atoms with Crippen LogP contribution in [-0.4, -0.2) is 4.98 Å². The van der Waals surface area contributed by atoms with Crippen LogP contribution in [0.3, 0.4) is 0 Å². The molecule has 2 aromatic heterocycles. The van der Waals surface area contributed by atoms with Crippen LogP contribution in [-0.2, 0) is 0 Å². The van der Waals surface area contributed by atoms with Gasteiger partial charge in [0.2, 0.25) is 0 Å². The van der Waals surface area contributed by atoms with E-state index in [1.165, 1.54) is 27.8 Å². The maximum Gasteiger partial charge on any atom is 0.144 e. The second kappa shape index (κ2) is 9.74. The fraction of sp³-hybridized carbons (Fsp3) is 0.0541. The molecule has 1 unspecified atom stereocenters. The van der Waals surface area contributed by atoms with Crippen LogP contribution >= 0.6 is 0 Å². The van der Waals surface area contributed by atoms with Crippen molar-refractivity contribution in [1.82, 2.24) is 4.98 Å². The monoisotopic (exact) mass is 501 g/mol. The van der Waals surface area contributed by atoms with Crippen molar-refractivity contribution in [2.75, 3.05) is 0 Å². The molecule has 0 spiro atoms. The Morgan fingerprint density at radius 2 is 1.23 bits per heavy atom. The Morgan fingerprint density at radius 1 is 0.538 bits per heavy atom. The summed E-state index contributed by atoms with van der Waals surface area (Å²) >= 11 is 0. The van der Waals surface area contributed by atoms with Crippen molar-refractivity contribution in [2.24, 2.45) is 0 Å². The molecule has 5 aromatic carbocycles. The first-order chi connectivity index (χ1) is 19.3. The largest absolute Gasteiger partial charge is 0.455 e. The average molecular weight is 502 g/mol. The van der Waals surface area contributed by atoms with Gasteiger partial charge in [0.05, 0.1) is 5.69 Å². The molecule has 0 amide bonds. The summed E-state index contributed by atoms with van der Waals surface area (Å²) < 4.78 is 6.59. The molecule has 0 aliphatic heterocycles. The lowest BCUT2D eigenvalue weighted by Crippen LogP contribution is -1.97. The van der Waals surface area contributed by atoms with Gasteiger partial charge in [-0.3, -0.25) is 4.98 Å². The van der Waals surface area contributed by atoms with Crippen molar-refractivity contribution in [2.45, 2.75) is 12.8 Å². The van der Waals surface area contributed by atoms with Crippen LogP contribution < -0.4 is 0 Å². The first-order valence-corrected chi connectivity index (χ1v) is 13.4. The van der Waals surface area contributed by atoms with Crippen LogP contribution in [0.4, 0.5) is 0 Å². The highest BCUT2D eigenvalue weighted by Crippen LogP contribution is 2.39. The molecule has 2 nitrogen and oxygen atoms in total. The molecule has 0 bridgehead atoms. The number of furan rings is 1. The Labute approximate surface area is 228 Å². The first kappa shape index (κ1) is 23.2. The smallest absolute Gasteiger partial charge is 0.144 e. The van der Waals surface area contributed by atoms with Crippen molar-refractivity contribution in [3.05, 3.63) is 151 Å². The zero-order chi connectivity index (χ0) is 26.2. The first-order valence-electron chi connectivity index (χ1n) is 13.4. The van der Waals surface area contributed by atoms with Crippen molar-refractivity contribution in [1.29, 1.82) is 0 Å². The summed E-state index contributed by atoms with van der Waals surface area (Å²) in [4.78, 5) is 4.76. The molecule has 2 heteroatoms. The van der Waals surface area contributed by atoms with E-state index in [0.717, 1.165) is 38.8 Å². The van der Waals surface area contributed by atoms with Gasteiger partial charge in [-0.15, -0.1) is 0 Å². The lowest BCUT2D eigenvalue weighted by atomic mass is 9.92. The van der Waals surface area contributed by atoms with Gasteiger partial charge in [0.25, 0.3) is 0 Å². The van der Waals surface area contributed by atoms with Gasteiger partial charge in [-0.1, -0.05) is 110 Å². The van der Waals surface area contributed by atoms with E-state index in [1.807, 2.05) is 6.20 Å². The van der Waals surface area contributed by atoms with Crippen LogP contribution in [0.15, 0.2) is 144 Å². The van der Waals surface area contributed by atoms with Crippen molar-refractivity contribution in [3.63, 3.8) is 0 Å². The van der Waals surface area contributed by atoms with Gasteiger partial charge in [-0.2, -0.15) is 0 Å². The summed E-state index contributed by atoms with van der Waals surface area (Å²) in [5, 5.41) is 2.22. The maximum absolute atomic E-state index is 6.59. The summed E-state index contributed by atoms with van der Waals surface area (Å²) in [5.41, 5.74) is 11.0. The number of aromatic nitrogens is 1. The van der Waals surface area contributed by atoms with Gasteiger partial charge in [0.1, 0.15) is 11.2 Å². The molecule has 39 heavy (non-hydrogen) atoms. The molecule has 0 saturated carbocycles. The van der Waals surface area contributed by atoms with Crippen molar-refractivity contribution >= 4 is 21.9 Å². The van der Waals surface area contributed by atoms with E-state index < -0.39 is 0 Å². The second-order valence-corrected chi connectivity index (χ2v) is 10.0. The SMILES string of the molecule is CC(c1ccccc1)c1ccnc(-c2cccc3c2oc2cc(-c4ccccc4-c4ccccc4)ccc23)c1. The Kier molecular flexibility index (Phi) is 5.79. The predicted octanol–water partition coefficient (Wildman–Crippen LogP) is 10.1. The molecule has 0 aliphatic carbocycles. The fourth-order valence-electron chi connectivity index (χ4n) is 5.57. The number of nitrogens with zero attached hydrogens (tertiary/aromatic N) is 1. The van der Waals surface area contributed by atoms with Crippen LogP contribution in [0.25, 0.3) is 55.4 Å². The summed E-state index contributed by atoms with van der Waals surface area (Å²) in [6, 6.07) is 46.9. The molecule has 2 heterocycles. The molecule has 7 aromatic rings. The number of pyridine rings is 1. The molecule has 0 N–H and O–H groups in total. The summed E-state index contributed by atoms with van der Waals surface area (Å²) in [7, 11) is 0. The topological polar surface area (TPSA) is 26.0 Å². The van der Waals surface area contributed by atoms with Gasteiger partial charge < -0.3 is 4.42 Å². The Morgan fingerprint density at radius 3 is 2.03 bits per heavy atom. The number of fused-ring (bicyclic) bond motifs is 3. The quantitative estimate of drug-likeness (QED) is 0.234. The highest BCUT2D eigenvalue weighted by molar-refractivity contribution is 6.10. The minimum atomic E-state index is 0.273. The minimum Gasteiger partial charge on any atom is -0.455 e. The molecular formula is C37H27NO. The van der Waals surface area contributed by atoms with E-state index in [-0.39, 0.29) is 5.92 Å². The molecule has 0 saturated heterocycles. The van der Waals surface area contributed by atoms with Gasteiger partial charge in [-0.25, -0.2) is 0 Å². The van der Waals surface area contributed by atoms with E-state index in [9.17, 15) is 0 Å². The summed E-state index contributed by atoms with van der Waals surface area (Å²) in [6.07, 6.45) is 1.91. The molecule has 7 rings (SSSR count). The molecular weight excluding hydrogens is 474 g/mol. The van der Waals surface area contributed by atoms with Gasteiger partial charge in [0.15, 0.2) is 0 Å². The highest BCUT2D eigenvalue weighted by Gasteiger charge is 2.16. The van der Waals surface area contributed by atoms with Crippen molar-refractivity contribution in [3.8, 4) is 33.5 Å². The Bertz CT molecular complexity index is 1920. The molecule has 0 fully saturated rings. The maximum atomic E-state index is 6.59. The summed E-state index contributed by atoms with van der Waals surface area (Å²) in [5.74, 6) is 0.273. The van der Waals surface area contributed by atoms with Crippen LogP contribution in [0, 0.1) is 0 Å².